The third kappa shape index (κ3) is 2.32. The molecule has 0 aromatic heterocycles. The van der Waals surface area contributed by atoms with Gasteiger partial charge in [0.25, 0.3) is 0 Å². The Morgan fingerprint density at radius 1 is 1.31 bits per heavy atom. The van der Waals surface area contributed by atoms with Crippen LogP contribution >= 0.6 is 0 Å². The Morgan fingerprint density at radius 2 is 1.88 bits per heavy atom. The fourth-order valence-corrected chi connectivity index (χ4v) is 3.21. The van der Waals surface area contributed by atoms with Crippen molar-refractivity contribution in [2.24, 2.45) is 0 Å². The summed E-state index contributed by atoms with van der Waals surface area (Å²) < 4.78 is 24.3. The highest BCUT2D eigenvalue weighted by Gasteiger charge is 2.29. The molecule has 88 valence electrons. The highest BCUT2D eigenvalue weighted by Crippen LogP contribution is 2.20. The summed E-state index contributed by atoms with van der Waals surface area (Å²) in [6.45, 7) is 4.86. The van der Waals surface area contributed by atoms with Crippen LogP contribution in [0.2, 0.25) is 0 Å². The van der Waals surface area contributed by atoms with E-state index in [0.717, 1.165) is 0 Å². The van der Waals surface area contributed by atoms with Gasteiger partial charge in [0.15, 0.2) is 15.6 Å². The molecular formula is C12H16O3S. The molecule has 1 unspecified atom stereocenters. The van der Waals surface area contributed by atoms with E-state index in [0.29, 0.717) is 5.56 Å². The lowest BCUT2D eigenvalue weighted by Gasteiger charge is -2.12. The molecule has 4 heteroatoms. The van der Waals surface area contributed by atoms with Gasteiger partial charge in [-0.25, -0.2) is 8.42 Å². The fraction of sp³-hybridized carbons (Fsp3) is 0.417. The summed E-state index contributed by atoms with van der Waals surface area (Å²) in [4.78, 5) is 11.7. The Labute approximate surface area is 96.4 Å². The Morgan fingerprint density at radius 3 is 2.38 bits per heavy atom. The summed E-state index contributed by atoms with van der Waals surface area (Å²) in [5.74, 6) is -0.247. The number of hydrogen-bond donors (Lipinski definition) is 0. The molecule has 1 aromatic carbocycles. The van der Waals surface area contributed by atoms with Crippen LogP contribution in [-0.2, 0) is 14.6 Å². The first-order valence-electron chi connectivity index (χ1n) is 5.23. The molecule has 0 radical (unpaired) electrons. The lowest BCUT2D eigenvalue weighted by molar-refractivity contribution is -0.118. The molecule has 0 bridgehead atoms. The molecule has 0 aliphatic rings. The Hall–Kier alpha value is -1.16. The molecule has 1 rings (SSSR count). The maximum Gasteiger partial charge on any atom is 0.188 e. The highest BCUT2D eigenvalue weighted by atomic mass is 32.2. The lowest BCUT2D eigenvalue weighted by Crippen LogP contribution is -2.27. The van der Waals surface area contributed by atoms with Crippen molar-refractivity contribution in [3.63, 3.8) is 0 Å². The maximum absolute atomic E-state index is 12.1. The second-order valence-corrected chi connectivity index (χ2v) is 6.01. The predicted molar refractivity (Wildman–Crippen MR) is 63.1 cm³/mol. The second kappa shape index (κ2) is 4.78. The van der Waals surface area contributed by atoms with Crippen molar-refractivity contribution in [2.45, 2.75) is 37.3 Å². The van der Waals surface area contributed by atoms with Gasteiger partial charge in [-0.1, -0.05) is 25.1 Å². The molecule has 3 nitrogen and oxygen atoms in total. The molecule has 0 N–H and O–H groups in total. The molecule has 0 aliphatic carbocycles. The maximum atomic E-state index is 12.1. The number of sulfone groups is 1. The summed E-state index contributed by atoms with van der Waals surface area (Å²) in [6, 6.07) is 6.73. The zero-order valence-corrected chi connectivity index (χ0v) is 10.5. The number of aryl methyl sites for hydroxylation is 1. The Kier molecular flexibility index (Phi) is 3.86. The largest absolute Gasteiger partial charge is 0.298 e. The fourth-order valence-electron chi connectivity index (χ4n) is 1.53. The van der Waals surface area contributed by atoms with Crippen LogP contribution < -0.4 is 0 Å². The van der Waals surface area contributed by atoms with Gasteiger partial charge in [-0.3, -0.25) is 4.79 Å². The van der Waals surface area contributed by atoms with Crippen molar-refractivity contribution in [3.8, 4) is 0 Å². The average Bonchev–Trinajstić information content (AvgIpc) is 2.27. The molecule has 0 aliphatic heterocycles. The van der Waals surface area contributed by atoms with Crippen molar-refractivity contribution < 1.29 is 13.2 Å². The molecule has 0 fully saturated rings. The zero-order valence-electron chi connectivity index (χ0n) is 9.73. The van der Waals surface area contributed by atoms with Crippen molar-refractivity contribution >= 4 is 15.6 Å². The molecule has 0 saturated heterocycles. The Bertz CT molecular complexity index is 489. The smallest absolute Gasteiger partial charge is 0.188 e. The minimum Gasteiger partial charge on any atom is -0.298 e. The first kappa shape index (κ1) is 12.9. The van der Waals surface area contributed by atoms with Gasteiger partial charge in [0, 0.05) is 6.42 Å². The lowest BCUT2D eigenvalue weighted by atomic mass is 10.2. The van der Waals surface area contributed by atoms with Crippen LogP contribution in [0.3, 0.4) is 0 Å². The number of ketones is 1. The number of hydrogen-bond acceptors (Lipinski definition) is 3. The minimum atomic E-state index is -3.53. The quantitative estimate of drug-likeness (QED) is 0.810. The van der Waals surface area contributed by atoms with Gasteiger partial charge in [0.05, 0.1) is 4.90 Å². The van der Waals surface area contributed by atoms with Gasteiger partial charge in [-0.2, -0.15) is 0 Å². The van der Waals surface area contributed by atoms with Crippen LogP contribution in [0.25, 0.3) is 0 Å². The molecular weight excluding hydrogens is 224 g/mol. The van der Waals surface area contributed by atoms with Crippen molar-refractivity contribution in [2.75, 3.05) is 0 Å². The van der Waals surface area contributed by atoms with Gasteiger partial charge in [0.2, 0.25) is 0 Å². The van der Waals surface area contributed by atoms with Crippen molar-refractivity contribution in [1.29, 1.82) is 0 Å². The van der Waals surface area contributed by atoms with Gasteiger partial charge in [-0.15, -0.1) is 0 Å². The van der Waals surface area contributed by atoms with Crippen molar-refractivity contribution in [1.82, 2.24) is 0 Å². The predicted octanol–water partition coefficient (Wildman–Crippen LogP) is 2.14. The van der Waals surface area contributed by atoms with Gasteiger partial charge < -0.3 is 0 Å². The molecule has 0 amide bonds. The van der Waals surface area contributed by atoms with Crippen LogP contribution in [0.4, 0.5) is 0 Å². The highest BCUT2D eigenvalue weighted by molar-refractivity contribution is 7.92. The topological polar surface area (TPSA) is 51.2 Å². The second-order valence-electron chi connectivity index (χ2n) is 3.77. The molecule has 0 heterocycles. The number of carbonyl (C=O) groups excluding carboxylic acids is 1. The standard InChI is InChI=1S/C12H16O3S/c1-4-11(13)10(3)16(14,15)12-8-6-5-7-9(12)2/h5-8,10H,4H2,1-3H3. The van der Waals surface area contributed by atoms with Gasteiger partial charge in [-0.05, 0) is 25.5 Å². The number of rotatable bonds is 4. The molecule has 16 heavy (non-hydrogen) atoms. The van der Waals surface area contributed by atoms with E-state index in [1.54, 1.807) is 38.1 Å². The van der Waals surface area contributed by atoms with E-state index in [9.17, 15) is 13.2 Å². The molecule has 1 aromatic rings. The first-order valence-corrected chi connectivity index (χ1v) is 6.78. The summed E-state index contributed by atoms with van der Waals surface area (Å²) in [5.41, 5.74) is 0.679. The normalized spacial score (nSPS) is 13.4. The monoisotopic (exact) mass is 240 g/mol. The number of benzene rings is 1. The van der Waals surface area contributed by atoms with Crippen LogP contribution in [0.1, 0.15) is 25.8 Å². The van der Waals surface area contributed by atoms with E-state index < -0.39 is 15.1 Å². The summed E-state index contributed by atoms with van der Waals surface area (Å²) in [6.07, 6.45) is 0.242. The van der Waals surface area contributed by atoms with Crippen molar-refractivity contribution in [3.05, 3.63) is 29.8 Å². The zero-order chi connectivity index (χ0) is 12.3. The molecule has 1 atom stereocenters. The van der Waals surface area contributed by atoms with E-state index in [4.69, 9.17) is 0 Å². The Balaban J connectivity index is 3.23. The van der Waals surface area contributed by atoms with Gasteiger partial charge in [0.1, 0.15) is 5.25 Å². The van der Waals surface area contributed by atoms with Gasteiger partial charge >= 0.3 is 0 Å². The summed E-state index contributed by atoms with van der Waals surface area (Å²) in [5, 5.41) is -0.960. The van der Waals surface area contributed by atoms with Crippen LogP contribution in [0, 0.1) is 6.92 Å². The number of Topliss-reactive ketones (excluding diaryl/α,β-unsaturated/α-hetero) is 1. The average molecular weight is 240 g/mol. The van der Waals surface area contributed by atoms with E-state index in [1.165, 1.54) is 6.92 Å². The van der Waals surface area contributed by atoms with Crippen LogP contribution in [0.5, 0.6) is 0 Å². The van der Waals surface area contributed by atoms with E-state index in [2.05, 4.69) is 0 Å². The van der Waals surface area contributed by atoms with E-state index in [-0.39, 0.29) is 17.1 Å². The van der Waals surface area contributed by atoms with E-state index in [1.807, 2.05) is 0 Å². The third-order valence-electron chi connectivity index (χ3n) is 2.67. The minimum absolute atomic E-state index is 0.242. The van der Waals surface area contributed by atoms with Crippen LogP contribution in [0.15, 0.2) is 29.2 Å². The molecule has 0 saturated carbocycles. The number of carbonyl (C=O) groups is 1. The SMILES string of the molecule is CCC(=O)C(C)S(=O)(=O)c1ccccc1C. The first-order chi connectivity index (χ1) is 7.41. The van der Waals surface area contributed by atoms with Crippen LogP contribution in [-0.4, -0.2) is 19.5 Å². The van der Waals surface area contributed by atoms with E-state index >= 15 is 0 Å². The summed E-state index contributed by atoms with van der Waals surface area (Å²) >= 11 is 0. The molecule has 0 spiro atoms. The summed E-state index contributed by atoms with van der Waals surface area (Å²) in [7, 11) is -3.53. The third-order valence-corrected chi connectivity index (χ3v) is 4.93.